The van der Waals surface area contributed by atoms with Crippen LogP contribution in [0.3, 0.4) is 0 Å². The Hall–Kier alpha value is -3.53. The molecule has 0 aromatic heterocycles. The van der Waals surface area contributed by atoms with Gasteiger partial charge in [0.15, 0.2) is 11.5 Å². The number of aryl methyl sites for hydroxylation is 1. The van der Waals surface area contributed by atoms with E-state index in [4.69, 9.17) is 9.47 Å². The summed E-state index contributed by atoms with van der Waals surface area (Å²) >= 11 is 0. The molecule has 0 saturated carbocycles. The van der Waals surface area contributed by atoms with Gasteiger partial charge < -0.3 is 14.4 Å². The second-order valence-corrected chi connectivity index (χ2v) is 6.51. The van der Waals surface area contributed by atoms with Crippen LogP contribution >= 0.6 is 0 Å². The Labute approximate surface area is 164 Å². The van der Waals surface area contributed by atoms with Crippen LogP contribution in [0, 0.1) is 0 Å². The Bertz CT molecular complexity index is 949. The van der Waals surface area contributed by atoms with Crippen molar-refractivity contribution in [1.82, 2.24) is 0 Å². The average Bonchev–Trinajstić information content (AvgIpc) is 2.75. The topological polar surface area (TPSA) is 38.8 Å². The van der Waals surface area contributed by atoms with Gasteiger partial charge in [0.25, 0.3) is 0 Å². The largest absolute Gasteiger partial charge is 0.463 e. The predicted molar refractivity (Wildman–Crippen MR) is 111 cm³/mol. The van der Waals surface area contributed by atoms with Gasteiger partial charge in [0.05, 0.1) is 18.0 Å². The fourth-order valence-corrected chi connectivity index (χ4v) is 3.30. The predicted octanol–water partition coefficient (Wildman–Crippen LogP) is 5.92. The van der Waals surface area contributed by atoms with Crippen LogP contribution in [0.2, 0.25) is 0 Å². The van der Waals surface area contributed by atoms with Gasteiger partial charge in [-0.2, -0.15) is 0 Å². The molecule has 0 amide bonds. The summed E-state index contributed by atoms with van der Waals surface area (Å²) in [6.07, 6.45) is 2.82. The standard InChI is InChI=1S/C24H21NO3/c1-2-24(26)27-17-7-8-18-13-15-19(16-14-18)25-20-9-3-5-11-22(20)28-23-12-6-4-10-21(23)25/h2-6,9-16H,1,7-8,17H2. The van der Waals surface area contributed by atoms with Crippen molar-refractivity contribution >= 4 is 23.0 Å². The Balaban J connectivity index is 1.55. The lowest BCUT2D eigenvalue weighted by atomic mass is 10.1. The summed E-state index contributed by atoms with van der Waals surface area (Å²) < 4.78 is 11.1. The molecular formula is C24H21NO3. The molecule has 0 fully saturated rings. The first-order chi connectivity index (χ1) is 13.8. The molecule has 3 aromatic carbocycles. The van der Waals surface area contributed by atoms with Crippen molar-refractivity contribution in [2.24, 2.45) is 0 Å². The Morgan fingerprint density at radius 2 is 1.54 bits per heavy atom. The molecule has 0 unspecified atom stereocenters. The number of hydrogen-bond donors (Lipinski definition) is 0. The van der Waals surface area contributed by atoms with Gasteiger partial charge >= 0.3 is 5.97 Å². The zero-order chi connectivity index (χ0) is 19.3. The van der Waals surface area contributed by atoms with E-state index < -0.39 is 0 Å². The maximum absolute atomic E-state index is 11.1. The third kappa shape index (κ3) is 3.62. The molecule has 140 valence electrons. The van der Waals surface area contributed by atoms with Crippen LogP contribution in [0.1, 0.15) is 12.0 Å². The minimum Gasteiger partial charge on any atom is -0.463 e. The van der Waals surface area contributed by atoms with Gasteiger partial charge in [-0.25, -0.2) is 4.79 Å². The van der Waals surface area contributed by atoms with Crippen LogP contribution in [0.25, 0.3) is 0 Å². The van der Waals surface area contributed by atoms with Crippen molar-refractivity contribution in [3.05, 3.63) is 91.0 Å². The number of benzene rings is 3. The molecule has 0 saturated heterocycles. The van der Waals surface area contributed by atoms with Crippen molar-refractivity contribution in [3.8, 4) is 11.5 Å². The summed E-state index contributed by atoms with van der Waals surface area (Å²) in [5, 5.41) is 0. The summed E-state index contributed by atoms with van der Waals surface area (Å²) in [6, 6.07) is 24.5. The van der Waals surface area contributed by atoms with Gasteiger partial charge in [0, 0.05) is 11.8 Å². The van der Waals surface area contributed by atoms with Crippen molar-refractivity contribution in [1.29, 1.82) is 0 Å². The quantitative estimate of drug-likeness (QED) is 0.239. The SMILES string of the molecule is C=CC(=O)OCCCc1ccc(N2c3ccccc3Oc3ccccc32)cc1. The van der Waals surface area contributed by atoms with Gasteiger partial charge in [0.2, 0.25) is 0 Å². The lowest BCUT2D eigenvalue weighted by Crippen LogP contribution is -2.15. The van der Waals surface area contributed by atoms with Gasteiger partial charge in [-0.3, -0.25) is 0 Å². The van der Waals surface area contributed by atoms with Crippen molar-refractivity contribution in [3.63, 3.8) is 0 Å². The molecule has 28 heavy (non-hydrogen) atoms. The fraction of sp³-hybridized carbons (Fsp3) is 0.125. The number of ether oxygens (including phenoxy) is 2. The normalized spacial score (nSPS) is 11.8. The minimum atomic E-state index is -0.375. The number of hydrogen-bond acceptors (Lipinski definition) is 4. The van der Waals surface area contributed by atoms with Crippen LogP contribution in [-0.4, -0.2) is 12.6 Å². The molecule has 0 aliphatic carbocycles. The van der Waals surface area contributed by atoms with Gasteiger partial charge in [0.1, 0.15) is 0 Å². The minimum absolute atomic E-state index is 0.375. The highest BCUT2D eigenvalue weighted by Crippen LogP contribution is 2.49. The number of esters is 1. The molecule has 4 nitrogen and oxygen atoms in total. The van der Waals surface area contributed by atoms with E-state index in [2.05, 4.69) is 47.9 Å². The van der Waals surface area contributed by atoms with E-state index in [9.17, 15) is 4.79 Å². The molecule has 1 aliphatic heterocycles. The number of para-hydroxylation sites is 4. The molecule has 3 aromatic rings. The first-order valence-corrected chi connectivity index (χ1v) is 9.30. The highest BCUT2D eigenvalue weighted by Gasteiger charge is 2.24. The maximum Gasteiger partial charge on any atom is 0.330 e. The van der Waals surface area contributed by atoms with Crippen LogP contribution in [-0.2, 0) is 16.0 Å². The Morgan fingerprint density at radius 3 is 2.14 bits per heavy atom. The Morgan fingerprint density at radius 1 is 0.929 bits per heavy atom. The molecule has 4 heteroatoms. The highest BCUT2D eigenvalue weighted by molar-refractivity contribution is 5.86. The third-order valence-corrected chi connectivity index (χ3v) is 4.65. The number of rotatable bonds is 6. The van der Waals surface area contributed by atoms with E-state index >= 15 is 0 Å². The van der Waals surface area contributed by atoms with Gasteiger partial charge in [-0.1, -0.05) is 43.0 Å². The van der Waals surface area contributed by atoms with Crippen LogP contribution in [0.5, 0.6) is 11.5 Å². The van der Waals surface area contributed by atoms with Crippen molar-refractivity contribution in [2.75, 3.05) is 11.5 Å². The molecule has 0 radical (unpaired) electrons. The summed E-state index contributed by atoms with van der Waals surface area (Å²) in [5.41, 5.74) is 4.31. The number of nitrogens with zero attached hydrogens (tertiary/aromatic N) is 1. The van der Waals surface area contributed by atoms with Crippen molar-refractivity contribution < 1.29 is 14.3 Å². The van der Waals surface area contributed by atoms with E-state index in [1.807, 2.05) is 36.4 Å². The molecule has 0 spiro atoms. The first kappa shape index (κ1) is 17.9. The van der Waals surface area contributed by atoms with E-state index in [0.29, 0.717) is 6.61 Å². The second kappa shape index (κ2) is 8.01. The molecule has 0 N–H and O–H groups in total. The summed E-state index contributed by atoms with van der Waals surface area (Å²) in [5.74, 6) is 1.31. The number of carbonyl (C=O) groups is 1. The van der Waals surface area contributed by atoms with E-state index in [0.717, 1.165) is 41.4 Å². The molecule has 0 atom stereocenters. The smallest absolute Gasteiger partial charge is 0.330 e. The fourth-order valence-electron chi connectivity index (χ4n) is 3.30. The lowest BCUT2D eigenvalue weighted by molar-refractivity contribution is -0.137. The second-order valence-electron chi connectivity index (χ2n) is 6.51. The molecule has 4 rings (SSSR count). The maximum atomic E-state index is 11.1. The average molecular weight is 371 g/mol. The third-order valence-electron chi connectivity index (χ3n) is 4.65. The lowest BCUT2D eigenvalue weighted by Gasteiger charge is -2.32. The van der Waals surface area contributed by atoms with Crippen molar-refractivity contribution in [2.45, 2.75) is 12.8 Å². The number of carbonyl (C=O) groups excluding carboxylic acids is 1. The number of fused-ring (bicyclic) bond motifs is 2. The molecule has 0 bridgehead atoms. The molecule has 1 heterocycles. The summed E-state index contributed by atoms with van der Waals surface area (Å²) in [7, 11) is 0. The molecular weight excluding hydrogens is 350 g/mol. The first-order valence-electron chi connectivity index (χ1n) is 9.30. The zero-order valence-corrected chi connectivity index (χ0v) is 15.5. The van der Waals surface area contributed by atoms with E-state index in [1.54, 1.807) is 0 Å². The van der Waals surface area contributed by atoms with Crippen LogP contribution in [0.4, 0.5) is 17.1 Å². The van der Waals surface area contributed by atoms with E-state index in [-0.39, 0.29) is 5.97 Å². The zero-order valence-electron chi connectivity index (χ0n) is 15.5. The van der Waals surface area contributed by atoms with Crippen LogP contribution < -0.4 is 9.64 Å². The van der Waals surface area contributed by atoms with Gasteiger partial charge in [-0.05, 0) is 54.8 Å². The summed E-state index contributed by atoms with van der Waals surface area (Å²) in [6.45, 7) is 3.80. The van der Waals surface area contributed by atoms with Gasteiger partial charge in [-0.15, -0.1) is 0 Å². The Kier molecular flexibility index (Phi) is 5.11. The monoisotopic (exact) mass is 371 g/mol. The highest BCUT2D eigenvalue weighted by atomic mass is 16.5. The number of anilines is 3. The van der Waals surface area contributed by atoms with Crippen LogP contribution in [0.15, 0.2) is 85.5 Å². The molecule has 1 aliphatic rings. The van der Waals surface area contributed by atoms with E-state index in [1.165, 1.54) is 11.6 Å². The summed E-state index contributed by atoms with van der Waals surface area (Å²) in [4.78, 5) is 13.3.